The summed E-state index contributed by atoms with van der Waals surface area (Å²) in [6.07, 6.45) is 3.72. The molecule has 0 aromatic carbocycles. The first kappa shape index (κ1) is 16.6. The van der Waals surface area contributed by atoms with E-state index in [9.17, 15) is 4.79 Å². The molecule has 0 unspecified atom stereocenters. The van der Waals surface area contributed by atoms with Crippen molar-refractivity contribution in [3.05, 3.63) is 41.4 Å². The average Bonchev–Trinajstić information content (AvgIpc) is 2.95. The molecule has 0 saturated heterocycles. The first-order valence-corrected chi connectivity index (χ1v) is 7.44. The number of amides is 1. The molecule has 11 heteroatoms. The summed E-state index contributed by atoms with van der Waals surface area (Å²) in [6.45, 7) is 0.513. The summed E-state index contributed by atoms with van der Waals surface area (Å²) >= 11 is 5.74. The number of nitrogens with two attached hydrogens (primary N) is 1. The van der Waals surface area contributed by atoms with E-state index in [0.717, 1.165) is 5.56 Å². The molecule has 25 heavy (non-hydrogen) atoms. The Morgan fingerprint density at radius 1 is 1.28 bits per heavy atom. The Morgan fingerprint density at radius 2 is 2.12 bits per heavy atom. The molecule has 1 amide bonds. The summed E-state index contributed by atoms with van der Waals surface area (Å²) < 4.78 is 6.17. The number of rotatable bonds is 5. The smallest absolute Gasteiger partial charge is 0.389 e. The van der Waals surface area contributed by atoms with Crippen molar-refractivity contribution in [2.75, 3.05) is 5.32 Å². The Kier molecular flexibility index (Phi) is 4.70. The molecule has 0 bridgehead atoms. The number of anilines is 1. The zero-order chi connectivity index (χ0) is 17.8. The molecule has 0 aliphatic carbocycles. The lowest BCUT2D eigenvalue weighted by atomic mass is 10.3. The van der Waals surface area contributed by atoms with Crippen LogP contribution in [-0.2, 0) is 13.6 Å². The largest absolute Gasteiger partial charge is 0.411 e. The van der Waals surface area contributed by atoms with Gasteiger partial charge in [0.2, 0.25) is 0 Å². The molecule has 0 spiro atoms. The van der Waals surface area contributed by atoms with Crippen molar-refractivity contribution in [1.29, 1.82) is 0 Å². The number of halogens is 1. The minimum absolute atomic E-state index is 0.0924. The van der Waals surface area contributed by atoms with Crippen molar-refractivity contribution in [1.82, 2.24) is 29.9 Å². The second-order valence-electron chi connectivity index (χ2n) is 4.92. The number of hydrogen-bond acceptors (Lipinski definition) is 8. The summed E-state index contributed by atoms with van der Waals surface area (Å²) in [5.41, 5.74) is 6.64. The molecule has 0 fully saturated rings. The van der Waals surface area contributed by atoms with E-state index in [-0.39, 0.29) is 11.6 Å². The van der Waals surface area contributed by atoms with E-state index in [1.807, 2.05) is 6.07 Å². The van der Waals surface area contributed by atoms with E-state index in [2.05, 4.69) is 30.6 Å². The summed E-state index contributed by atoms with van der Waals surface area (Å²) in [7, 11) is 1.57. The number of hydrogen-bond donors (Lipinski definition) is 2. The van der Waals surface area contributed by atoms with Gasteiger partial charge in [0.05, 0.1) is 12.4 Å². The Hall–Kier alpha value is -3.27. The summed E-state index contributed by atoms with van der Waals surface area (Å²) in [5, 5.41) is 11.2. The maximum absolute atomic E-state index is 11.0. The van der Waals surface area contributed by atoms with Crippen molar-refractivity contribution in [2.45, 2.75) is 6.54 Å². The molecular formula is C14H13ClN8O2. The predicted octanol–water partition coefficient (Wildman–Crippen LogP) is 1.39. The van der Waals surface area contributed by atoms with Crippen LogP contribution in [0.4, 0.5) is 10.6 Å². The van der Waals surface area contributed by atoms with E-state index in [0.29, 0.717) is 23.2 Å². The number of primary amides is 1. The second-order valence-corrected chi connectivity index (χ2v) is 5.30. The Balaban J connectivity index is 1.72. The van der Waals surface area contributed by atoms with Crippen LogP contribution < -0.4 is 15.8 Å². The van der Waals surface area contributed by atoms with Gasteiger partial charge in [0.25, 0.3) is 5.88 Å². The van der Waals surface area contributed by atoms with Gasteiger partial charge in [-0.3, -0.25) is 0 Å². The Labute approximate surface area is 147 Å². The van der Waals surface area contributed by atoms with Crippen LogP contribution in [0.25, 0.3) is 11.4 Å². The van der Waals surface area contributed by atoms with Crippen molar-refractivity contribution in [2.24, 2.45) is 12.8 Å². The number of aromatic nitrogens is 6. The predicted molar refractivity (Wildman–Crippen MR) is 88.8 cm³/mol. The first-order valence-electron chi connectivity index (χ1n) is 7.06. The molecule has 3 rings (SSSR count). The molecular weight excluding hydrogens is 348 g/mol. The molecule has 3 aromatic heterocycles. The third-order valence-electron chi connectivity index (χ3n) is 3.13. The van der Waals surface area contributed by atoms with Gasteiger partial charge in [-0.25, -0.2) is 24.4 Å². The van der Waals surface area contributed by atoms with E-state index < -0.39 is 6.09 Å². The number of nitrogens with zero attached hydrogens (tertiary/aromatic N) is 6. The fraction of sp³-hybridized carbons (Fsp3) is 0.143. The van der Waals surface area contributed by atoms with Crippen LogP contribution >= 0.6 is 11.6 Å². The monoisotopic (exact) mass is 360 g/mol. The highest BCUT2D eigenvalue weighted by molar-refractivity contribution is 6.29. The lowest BCUT2D eigenvalue weighted by molar-refractivity contribution is 0.207. The van der Waals surface area contributed by atoms with Gasteiger partial charge in [-0.05, 0) is 11.6 Å². The van der Waals surface area contributed by atoms with Gasteiger partial charge in [-0.2, -0.15) is 0 Å². The van der Waals surface area contributed by atoms with Gasteiger partial charge >= 0.3 is 6.09 Å². The van der Waals surface area contributed by atoms with Crippen LogP contribution in [0.2, 0.25) is 5.15 Å². The lowest BCUT2D eigenvalue weighted by Gasteiger charge is -2.06. The fourth-order valence-electron chi connectivity index (χ4n) is 1.96. The molecule has 0 atom stereocenters. The molecule has 0 saturated carbocycles. The van der Waals surface area contributed by atoms with E-state index in [1.54, 1.807) is 19.3 Å². The minimum atomic E-state index is -0.963. The SMILES string of the molecule is Cn1nnc(-c2cnc(NCc3ccc(Cl)nc3)cn2)c1OC(N)=O. The lowest BCUT2D eigenvalue weighted by Crippen LogP contribution is -2.18. The number of carbonyl (C=O) groups is 1. The number of carbonyl (C=O) groups excluding carboxylic acids is 1. The van der Waals surface area contributed by atoms with Crippen LogP contribution in [0.3, 0.4) is 0 Å². The Bertz CT molecular complexity index is 879. The molecule has 128 valence electrons. The van der Waals surface area contributed by atoms with E-state index >= 15 is 0 Å². The highest BCUT2D eigenvalue weighted by atomic mass is 35.5. The summed E-state index contributed by atoms with van der Waals surface area (Å²) in [5.74, 6) is 0.648. The van der Waals surface area contributed by atoms with Crippen molar-refractivity contribution < 1.29 is 9.53 Å². The van der Waals surface area contributed by atoms with Crippen LogP contribution in [0, 0.1) is 0 Å². The van der Waals surface area contributed by atoms with E-state index in [1.165, 1.54) is 17.1 Å². The van der Waals surface area contributed by atoms with Crippen LogP contribution in [0.1, 0.15) is 5.56 Å². The normalized spacial score (nSPS) is 10.5. The summed E-state index contributed by atoms with van der Waals surface area (Å²) in [6, 6.07) is 3.57. The van der Waals surface area contributed by atoms with Crippen molar-refractivity contribution in [3.63, 3.8) is 0 Å². The fourth-order valence-corrected chi connectivity index (χ4v) is 2.08. The average molecular weight is 361 g/mol. The van der Waals surface area contributed by atoms with Crippen LogP contribution in [0.5, 0.6) is 5.88 Å². The van der Waals surface area contributed by atoms with Crippen LogP contribution in [0.15, 0.2) is 30.7 Å². The summed E-state index contributed by atoms with van der Waals surface area (Å²) in [4.78, 5) is 23.5. The van der Waals surface area contributed by atoms with Gasteiger partial charge in [0.15, 0.2) is 5.69 Å². The van der Waals surface area contributed by atoms with Gasteiger partial charge in [0.1, 0.15) is 16.7 Å². The number of nitrogens with one attached hydrogen (secondary N) is 1. The Morgan fingerprint density at radius 3 is 2.76 bits per heavy atom. The molecule has 0 aliphatic rings. The number of ether oxygens (including phenoxy) is 1. The molecule has 3 N–H and O–H groups in total. The molecule has 0 radical (unpaired) electrons. The van der Waals surface area contributed by atoms with E-state index in [4.69, 9.17) is 22.1 Å². The maximum atomic E-state index is 11.0. The third-order valence-corrected chi connectivity index (χ3v) is 3.35. The number of pyridine rings is 1. The van der Waals surface area contributed by atoms with Crippen molar-refractivity contribution >= 4 is 23.5 Å². The number of aryl methyl sites for hydroxylation is 1. The molecule has 3 heterocycles. The zero-order valence-electron chi connectivity index (χ0n) is 13.0. The highest BCUT2D eigenvalue weighted by Gasteiger charge is 2.18. The second kappa shape index (κ2) is 7.09. The molecule has 0 aliphatic heterocycles. The first-order chi connectivity index (χ1) is 12.0. The van der Waals surface area contributed by atoms with Gasteiger partial charge < -0.3 is 15.8 Å². The topological polar surface area (TPSA) is 134 Å². The third kappa shape index (κ3) is 3.98. The molecule has 10 nitrogen and oxygen atoms in total. The zero-order valence-corrected chi connectivity index (χ0v) is 13.8. The highest BCUT2D eigenvalue weighted by Crippen LogP contribution is 2.25. The van der Waals surface area contributed by atoms with Gasteiger partial charge in [0, 0.05) is 19.8 Å². The molecule has 3 aromatic rings. The standard InChI is InChI=1S/C14H13ClN8O2/c1-23-13(25-14(16)24)12(21-22-23)9-6-20-11(7-17-9)19-5-8-2-3-10(15)18-4-8/h2-4,6-7H,5H2,1H3,(H2,16,24)(H,19,20). The van der Waals surface area contributed by atoms with Gasteiger partial charge in [-0.15, -0.1) is 5.10 Å². The van der Waals surface area contributed by atoms with Crippen LogP contribution in [-0.4, -0.2) is 36.0 Å². The quantitative estimate of drug-likeness (QED) is 0.652. The maximum Gasteiger partial charge on any atom is 0.411 e. The minimum Gasteiger partial charge on any atom is -0.389 e. The van der Waals surface area contributed by atoms with Gasteiger partial charge in [-0.1, -0.05) is 22.9 Å². The van der Waals surface area contributed by atoms with Crippen molar-refractivity contribution in [3.8, 4) is 17.3 Å².